The fraction of sp³-hybridized carbons (Fsp3) is 0.120. The first-order chi connectivity index (χ1) is 16.2. The Balaban J connectivity index is 1.52. The number of aromatic nitrogens is 4. The first kappa shape index (κ1) is 20.4. The molecule has 5 rings (SSSR count). The lowest BCUT2D eigenvalue weighted by atomic mass is 10.0. The lowest BCUT2D eigenvalue weighted by Gasteiger charge is -2.32. The van der Waals surface area contributed by atoms with Crippen molar-refractivity contribution in [2.24, 2.45) is 0 Å². The Kier molecular flexibility index (Phi) is 5.55. The molecule has 0 spiro atoms. The van der Waals surface area contributed by atoms with Crippen molar-refractivity contribution in [3.05, 3.63) is 102 Å². The number of benzene rings is 3. The number of carbonyl (C=O) groups is 1. The summed E-state index contributed by atoms with van der Waals surface area (Å²) in [6.45, 7) is 0.0284. The number of fused-ring (bicyclic) bond motifs is 1. The average Bonchev–Trinajstić information content (AvgIpc) is 3.36. The molecular formula is C25H22N6O2. The summed E-state index contributed by atoms with van der Waals surface area (Å²) < 4.78 is 7.09. The topological polar surface area (TPSA) is 85.2 Å². The van der Waals surface area contributed by atoms with E-state index in [1.165, 1.54) is 0 Å². The van der Waals surface area contributed by atoms with E-state index in [9.17, 15) is 4.79 Å². The maximum atomic E-state index is 13.1. The number of hydrogen-bond donors (Lipinski definition) is 1. The number of hydrogen-bond acceptors (Lipinski definition) is 6. The van der Waals surface area contributed by atoms with Crippen LogP contribution in [-0.4, -0.2) is 39.8 Å². The molecule has 0 saturated heterocycles. The highest BCUT2D eigenvalue weighted by atomic mass is 16.5. The molecule has 33 heavy (non-hydrogen) atoms. The Morgan fingerprint density at radius 1 is 0.970 bits per heavy atom. The van der Waals surface area contributed by atoms with Crippen LogP contribution in [0.1, 0.15) is 17.2 Å². The molecule has 0 radical (unpaired) electrons. The van der Waals surface area contributed by atoms with Gasteiger partial charge >= 0.3 is 0 Å². The SMILES string of the molecule is COc1ccccc1NC(=O)CN1C(c2ccccc2)=C[C@@H](c2ccccc2)n2nnnc21. The summed E-state index contributed by atoms with van der Waals surface area (Å²) in [7, 11) is 1.57. The van der Waals surface area contributed by atoms with Gasteiger partial charge in [0, 0.05) is 0 Å². The van der Waals surface area contributed by atoms with E-state index in [2.05, 4.69) is 26.9 Å². The van der Waals surface area contributed by atoms with Crippen LogP contribution in [-0.2, 0) is 4.79 Å². The molecule has 0 fully saturated rings. The van der Waals surface area contributed by atoms with Crippen LogP contribution in [0.4, 0.5) is 11.6 Å². The lowest BCUT2D eigenvalue weighted by Crippen LogP contribution is -2.37. The van der Waals surface area contributed by atoms with E-state index >= 15 is 0 Å². The monoisotopic (exact) mass is 438 g/mol. The van der Waals surface area contributed by atoms with Gasteiger partial charge in [-0.15, -0.1) is 0 Å². The first-order valence-electron chi connectivity index (χ1n) is 10.5. The van der Waals surface area contributed by atoms with Crippen molar-refractivity contribution in [2.75, 3.05) is 23.9 Å². The molecule has 1 atom stereocenters. The summed E-state index contributed by atoms with van der Waals surface area (Å²) in [6.07, 6.45) is 2.09. The predicted molar refractivity (Wildman–Crippen MR) is 126 cm³/mol. The van der Waals surface area contributed by atoms with Crippen LogP contribution in [0.15, 0.2) is 91.0 Å². The summed E-state index contributed by atoms with van der Waals surface area (Å²) in [5, 5.41) is 15.3. The van der Waals surface area contributed by atoms with Gasteiger partial charge < -0.3 is 10.1 Å². The van der Waals surface area contributed by atoms with E-state index in [0.29, 0.717) is 17.4 Å². The van der Waals surface area contributed by atoms with Crippen LogP contribution in [0, 0.1) is 0 Å². The fourth-order valence-corrected chi connectivity index (χ4v) is 3.95. The van der Waals surface area contributed by atoms with E-state index in [0.717, 1.165) is 16.8 Å². The molecule has 3 aromatic carbocycles. The number of tetrazole rings is 1. The first-order valence-corrected chi connectivity index (χ1v) is 10.5. The molecule has 1 aromatic heterocycles. The van der Waals surface area contributed by atoms with Crippen molar-refractivity contribution in [2.45, 2.75) is 6.04 Å². The molecule has 164 valence electrons. The van der Waals surface area contributed by atoms with Gasteiger partial charge in [0.1, 0.15) is 18.3 Å². The van der Waals surface area contributed by atoms with Crippen molar-refractivity contribution in [1.82, 2.24) is 20.2 Å². The number of anilines is 2. The van der Waals surface area contributed by atoms with Crippen molar-refractivity contribution in [1.29, 1.82) is 0 Å². The quantitative estimate of drug-likeness (QED) is 0.493. The number of carbonyl (C=O) groups excluding carboxylic acids is 1. The molecule has 1 amide bonds. The second-order valence-corrected chi connectivity index (χ2v) is 7.53. The van der Waals surface area contributed by atoms with Crippen LogP contribution in [0.5, 0.6) is 5.75 Å². The number of amides is 1. The lowest BCUT2D eigenvalue weighted by molar-refractivity contribution is -0.114. The zero-order chi connectivity index (χ0) is 22.6. The van der Waals surface area contributed by atoms with Gasteiger partial charge in [0.15, 0.2) is 0 Å². The number of methoxy groups -OCH3 is 1. The van der Waals surface area contributed by atoms with Crippen LogP contribution < -0.4 is 15.0 Å². The van der Waals surface area contributed by atoms with Crippen LogP contribution in [0.2, 0.25) is 0 Å². The Hall–Kier alpha value is -4.46. The van der Waals surface area contributed by atoms with Crippen molar-refractivity contribution in [3.63, 3.8) is 0 Å². The normalized spacial score (nSPS) is 14.9. The maximum absolute atomic E-state index is 13.1. The van der Waals surface area contributed by atoms with Gasteiger partial charge in [0.2, 0.25) is 5.91 Å². The van der Waals surface area contributed by atoms with Gasteiger partial charge in [-0.1, -0.05) is 77.9 Å². The maximum Gasteiger partial charge on any atom is 0.251 e. The van der Waals surface area contributed by atoms with E-state index in [1.54, 1.807) is 23.9 Å². The number of para-hydroxylation sites is 2. The van der Waals surface area contributed by atoms with Crippen LogP contribution >= 0.6 is 0 Å². The molecule has 0 aliphatic carbocycles. The second kappa shape index (κ2) is 8.96. The molecule has 1 aliphatic heterocycles. The molecule has 0 bridgehead atoms. The molecule has 2 heterocycles. The number of nitrogens with one attached hydrogen (secondary N) is 1. The van der Waals surface area contributed by atoms with Gasteiger partial charge in [0.25, 0.3) is 5.95 Å². The highest BCUT2D eigenvalue weighted by molar-refractivity contribution is 5.98. The third kappa shape index (κ3) is 4.06. The second-order valence-electron chi connectivity index (χ2n) is 7.53. The largest absolute Gasteiger partial charge is 0.495 e. The standard InChI is InChI=1S/C25H22N6O2/c1-33-23-15-9-8-14-20(23)26-24(32)17-30-21(18-10-4-2-5-11-18)16-22(19-12-6-3-7-13-19)31-25(30)27-28-29-31/h2-16,22H,17H2,1H3,(H,26,32)/t22-/m0/s1. The van der Waals surface area contributed by atoms with Gasteiger partial charge in [-0.3, -0.25) is 9.69 Å². The minimum Gasteiger partial charge on any atom is -0.495 e. The fourth-order valence-electron chi connectivity index (χ4n) is 3.95. The van der Waals surface area contributed by atoms with Crippen molar-refractivity contribution in [3.8, 4) is 5.75 Å². The van der Waals surface area contributed by atoms with Crippen molar-refractivity contribution >= 4 is 23.2 Å². The Bertz CT molecular complexity index is 1290. The number of nitrogens with zero attached hydrogens (tertiary/aromatic N) is 5. The summed E-state index contributed by atoms with van der Waals surface area (Å²) in [5.74, 6) is 0.881. The molecule has 8 nitrogen and oxygen atoms in total. The van der Waals surface area contributed by atoms with Gasteiger partial charge in [-0.25, -0.2) is 0 Å². The van der Waals surface area contributed by atoms with Gasteiger partial charge in [-0.05, 0) is 39.8 Å². The molecular weight excluding hydrogens is 416 g/mol. The number of ether oxygens (including phenoxy) is 1. The molecule has 1 aliphatic rings. The van der Waals surface area contributed by atoms with E-state index in [-0.39, 0.29) is 18.5 Å². The summed E-state index contributed by atoms with van der Waals surface area (Å²) in [6, 6.07) is 27.1. The van der Waals surface area contributed by atoms with Crippen molar-refractivity contribution < 1.29 is 9.53 Å². The Morgan fingerprint density at radius 3 is 2.42 bits per heavy atom. The molecule has 0 saturated carbocycles. The van der Waals surface area contributed by atoms with Crippen LogP contribution in [0.3, 0.4) is 0 Å². The molecule has 4 aromatic rings. The summed E-state index contributed by atoms with van der Waals surface area (Å²) in [5.41, 5.74) is 3.49. The van der Waals surface area contributed by atoms with E-state index < -0.39 is 0 Å². The Morgan fingerprint density at radius 2 is 1.67 bits per heavy atom. The average molecular weight is 438 g/mol. The van der Waals surface area contributed by atoms with E-state index in [4.69, 9.17) is 4.74 Å². The summed E-state index contributed by atoms with van der Waals surface area (Å²) in [4.78, 5) is 14.9. The highest BCUT2D eigenvalue weighted by Gasteiger charge is 2.31. The Labute approximate surface area is 191 Å². The minimum absolute atomic E-state index is 0.0284. The zero-order valence-electron chi connectivity index (χ0n) is 18.0. The molecule has 8 heteroatoms. The number of allylic oxidation sites excluding steroid dienone is 1. The van der Waals surface area contributed by atoms with E-state index in [1.807, 2.05) is 77.7 Å². The molecule has 0 unspecified atom stereocenters. The highest BCUT2D eigenvalue weighted by Crippen LogP contribution is 2.36. The predicted octanol–water partition coefficient (Wildman–Crippen LogP) is 3.77. The third-order valence-corrected chi connectivity index (χ3v) is 5.48. The summed E-state index contributed by atoms with van der Waals surface area (Å²) >= 11 is 0. The number of rotatable bonds is 6. The zero-order valence-corrected chi connectivity index (χ0v) is 18.0. The third-order valence-electron chi connectivity index (χ3n) is 5.48. The molecule has 1 N–H and O–H groups in total. The minimum atomic E-state index is -0.214. The van der Waals surface area contributed by atoms with Gasteiger partial charge in [0.05, 0.1) is 18.5 Å². The smallest absolute Gasteiger partial charge is 0.251 e. The van der Waals surface area contributed by atoms with Gasteiger partial charge in [-0.2, -0.15) is 4.68 Å². The van der Waals surface area contributed by atoms with Crippen LogP contribution in [0.25, 0.3) is 5.70 Å².